The monoisotopic (exact) mass is 493 g/mol. The number of benzene rings is 2. The lowest BCUT2D eigenvalue weighted by molar-refractivity contribution is -0.121. The fourth-order valence-electron chi connectivity index (χ4n) is 3.64. The maximum absolute atomic E-state index is 13.0. The van der Waals surface area contributed by atoms with Gasteiger partial charge in [-0.15, -0.1) is 11.3 Å². The van der Waals surface area contributed by atoms with Crippen molar-refractivity contribution in [3.8, 4) is 0 Å². The third-order valence-electron chi connectivity index (χ3n) is 5.57. The number of ether oxygens (including phenoxy) is 1. The number of rotatable bonds is 13. The van der Waals surface area contributed by atoms with Crippen molar-refractivity contribution >= 4 is 29.1 Å². The Bertz CT molecular complexity index is 1060. The van der Waals surface area contributed by atoms with E-state index in [0.29, 0.717) is 30.8 Å². The van der Waals surface area contributed by atoms with Crippen LogP contribution in [-0.2, 0) is 16.1 Å². The Kier molecular flexibility index (Phi) is 10.4. The number of unbranched alkanes of at least 4 members (excludes halogenated alkanes) is 1. The van der Waals surface area contributed by atoms with E-state index in [-0.39, 0.29) is 30.6 Å². The quantitative estimate of drug-likeness (QED) is 0.255. The van der Waals surface area contributed by atoms with Crippen molar-refractivity contribution in [2.45, 2.75) is 51.2 Å². The maximum Gasteiger partial charge on any atom is 0.407 e. The highest BCUT2D eigenvalue weighted by Gasteiger charge is 2.26. The Morgan fingerprint density at radius 3 is 2.40 bits per heavy atom. The molecule has 2 atom stereocenters. The summed E-state index contributed by atoms with van der Waals surface area (Å²) in [4.78, 5) is 41.5. The highest BCUT2D eigenvalue weighted by atomic mass is 32.1. The van der Waals surface area contributed by atoms with Crippen LogP contribution in [-0.4, -0.2) is 35.4 Å². The number of nitrogens with zero attached hydrogens (tertiary/aromatic N) is 1. The highest BCUT2D eigenvalue weighted by Crippen LogP contribution is 2.22. The number of Topliss-reactive ketones (excluding diaryl/α,β-unsaturated/α-hetero) is 1. The molecule has 184 valence electrons. The zero-order valence-corrected chi connectivity index (χ0v) is 20.6. The topological polar surface area (TPSA) is 97.4 Å². The summed E-state index contributed by atoms with van der Waals surface area (Å²) in [5.74, 6) is -0.262. The van der Waals surface area contributed by atoms with Gasteiger partial charge >= 0.3 is 6.09 Å². The molecule has 1 unspecified atom stereocenters. The molecule has 7 nitrogen and oxygen atoms in total. The number of ketones is 1. The summed E-state index contributed by atoms with van der Waals surface area (Å²) in [7, 11) is 0. The average molecular weight is 494 g/mol. The smallest absolute Gasteiger partial charge is 0.407 e. The Morgan fingerprint density at radius 1 is 1.00 bits per heavy atom. The lowest BCUT2D eigenvalue weighted by Gasteiger charge is -2.21. The number of carbonyl (C=O) groups excluding carboxylic acids is 3. The van der Waals surface area contributed by atoms with Gasteiger partial charge in [-0.25, -0.2) is 9.78 Å². The molecule has 0 saturated heterocycles. The van der Waals surface area contributed by atoms with Crippen molar-refractivity contribution in [3.05, 3.63) is 88.4 Å². The van der Waals surface area contributed by atoms with Crippen LogP contribution < -0.4 is 10.6 Å². The van der Waals surface area contributed by atoms with Crippen molar-refractivity contribution < 1.29 is 19.1 Å². The number of thiazole rings is 1. The number of hydrogen-bond donors (Lipinski definition) is 2. The van der Waals surface area contributed by atoms with Gasteiger partial charge in [0, 0.05) is 24.5 Å². The molecule has 0 bridgehead atoms. The van der Waals surface area contributed by atoms with Gasteiger partial charge in [-0.1, -0.05) is 67.6 Å². The molecular weight excluding hydrogens is 462 g/mol. The molecule has 35 heavy (non-hydrogen) atoms. The van der Waals surface area contributed by atoms with Gasteiger partial charge in [-0.3, -0.25) is 9.59 Å². The number of alkyl carbamates (subject to hydrolysis) is 1. The van der Waals surface area contributed by atoms with Crippen LogP contribution in [0, 0.1) is 0 Å². The first-order chi connectivity index (χ1) is 17.0. The third kappa shape index (κ3) is 8.98. The van der Waals surface area contributed by atoms with E-state index < -0.39 is 12.1 Å². The van der Waals surface area contributed by atoms with E-state index in [1.165, 1.54) is 11.3 Å². The second kappa shape index (κ2) is 14.0. The molecule has 8 heteroatoms. The molecule has 0 fully saturated rings. The van der Waals surface area contributed by atoms with Gasteiger partial charge in [-0.05, 0) is 36.3 Å². The lowest BCUT2D eigenvalue weighted by Crippen LogP contribution is -2.41. The second-order valence-electron chi connectivity index (χ2n) is 8.31. The first-order valence-corrected chi connectivity index (χ1v) is 12.6. The average Bonchev–Trinajstić information content (AvgIpc) is 3.42. The van der Waals surface area contributed by atoms with Gasteiger partial charge in [0.1, 0.15) is 6.61 Å². The molecule has 0 aliphatic rings. The number of aromatic nitrogens is 1. The molecule has 3 rings (SSSR count). The number of hydrogen-bond acceptors (Lipinski definition) is 6. The largest absolute Gasteiger partial charge is 0.445 e. The van der Waals surface area contributed by atoms with Crippen LogP contribution in [0.3, 0.4) is 0 Å². The Labute approximate surface area is 209 Å². The Balaban J connectivity index is 1.41. The van der Waals surface area contributed by atoms with Crippen LogP contribution >= 0.6 is 11.3 Å². The van der Waals surface area contributed by atoms with E-state index in [4.69, 9.17) is 4.74 Å². The molecule has 0 radical (unpaired) electrons. The van der Waals surface area contributed by atoms with Crippen LogP contribution in [0.1, 0.15) is 59.5 Å². The van der Waals surface area contributed by atoms with Gasteiger partial charge in [0.2, 0.25) is 11.7 Å². The molecule has 2 aromatic carbocycles. The SMILES string of the molecule is CC(C[C@H](NC(=O)CCCCNC(=O)OCc1ccccc1)C(=O)c1nccs1)c1ccccc1. The van der Waals surface area contributed by atoms with E-state index in [1.807, 2.05) is 67.6 Å². The fraction of sp³-hybridized carbons (Fsp3) is 0.333. The standard InChI is InChI=1S/C27H31N3O4S/c1-20(22-12-6-3-7-13-22)18-23(25(32)26-28-16-17-35-26)30-24(31)14-8-9-15-29-27(33)34-19-21-10-4-2-5-11-21/h2-7,10-13,16-17,20,23H,8-9,14-15,18-19H2,1H3,(H,29,33)(H,30,31)/t20?,23-/m0/s1. The van der Waals surface area contributed by atoms with E-state index in [9.17, 15) is 14.4 Å². The summed E-state index contributed by atoms with van der Waals surface area (Å²) >= 11 is 1.27. The molecule has 2 N–H and O–H groups in total. The Morgan fingerprint density at radius 2 is 1.71 bits per heavy atom. The van der Waals surface area contributed by atoms with E-state index >= 15 is 0 Å². The van der Waals surface area contributed by atoms with Gasteiger partial charge in [0.25, 0.3) is 0 Å². The predicted octanol–water partition coefficient (Wildman–Crippen LogP) is 5.10. The Hall–Kier alpha value is -3.52. The normalized spacial score (nSPS) is 12.4. The molecular formula is C27H31N3O4S. The molecule has 0 aliphatic carbocycles. The zero-order valence-electron chi connectivity index (χ0n) is 19.8. The van der Waals surface area contributed by atoms with Crippen molar-refractivity contribution in [1.29, 1.82) is 0 Å². The van der Waals surface area contributed by atoms with Crippen molar-refractivity contribution in [3.63, 3.8) is 0 Å². The minimum atomic E-state index is -0.644. The minimum Gasteiger partial charge on any atom is -0.445 e. The van der Waals surface area contributed by atoms with Crippen LogP contribution in [0.15, 0.2) is 72.2 Å². The molecule has 1 aromatic heterocycles. The second-order valence-corrected chi connectivity index (χ2v) is 9.21. The molecule has 3 aromatic rings. The van der Waals surface area contributed by atoms with Crippen molar-refractivity contribution in [2.24, 2.45) is 0 Å². The third-order valence-corrected chi connectivity index (χ3v) is 6.35. The predicted molar refractivity (Wildman–Crippen MR) is 136 cm³/mol. The van der Waals surface area contributed by atoms with E-state index in [0.717, 1.165) is 11.1 Å². The summed E-state index contributed by atoms with van der Waals surface area (Å²) in [6.07, 6.45) is 3.07. The fourth-order valence-corrected chi connectivity index (χ4v) is 4.27. The number of carbonyl (C=O) groups is 3. The summed E-state index contributed by atoms with van der Waals surface area (Å²) in [5.41, 5.74) is 2.03. The first-order valence-electron chi connectivity index (χ1n) is 11.8. The summed E-state index contributed by atoms with van der Waals surface area (Å²) in [5, 5.41) is 7.76. The van der Waals surface area contributed by atoms with Gasteiger partial charge in [0.05, 0.1) is 6.04 Å². The maximum atomic E-state index is 13.0. The highest BCUT2D eigenvalue weighted by molar-refractivity contribution is 7.11. The summed E-state index contributed by atoms with van der Waals surface area (Å²) < 4.78 is 5.17. The first kappa shape index (κ1) is 26.1. The van der Waals surface area contributed by atoms with Crippen LogP contribution in [0.2, 0.25) is 0 Å². The van der Waals surface area contributed by atoms with Crippen LogP contribution in [0.25, 0.3) is 0 Å². The number of nitrogens with one attached hydrogen (secondary N) is 2. The summed E-state index contributed by atoms with van der Waals surface area (Å²) in [6.45, 7) is 2.67. The molecule has 0 saturated carbocycles. The minimum absolute atomic E-state index is 0.0940. The molecule has 1 heterocycles. The van der Waals surface area contributed by atoms with Crippen LogP contribution in [0.4, 0.5) is 4.79 Å². The molecule has 0 aliphatic heterocycles. The summed E-state index contributed by atoms with van der Waals surface area (Å²) in [6, 6.07) is 18.7. The van der Waals surface area contributed by atoms with Gasteiger partial charge in [-0.2, -0.15) is 0 Å². The van der Waals surface area contributed by atoms with Crippen molar-refractivity contribution in [1.82, 2.24) is 15.6 Å². The zero-order chi connectivity index (χ0) is 24.9. The molecule has 0 spiro atoms. The van der Waals surface area contributed by atoms with Gasteiger partial charge < -0.3 is 15.4 Å². The van der Waals surface area contributed by atoms with E-state index in [1.54, 1.807) is 11.6 Å². The van der Waals surface area contributed by atoms with E-state index in [2.05, 4.69) is 15.6 Å². The van der Waals surface area contributed by atoms with Crippen LogP contribution in [0.5, 0.6) is 0 Å². The van der Waals surface area contributed by atoms with Crippen molar-refractivity contribution in [2.75, 3.05) is 6.54 Å². The number of amides is 2. The lowest BCUT2D eigenvalue weighted by atomic mass is 9.92. The molecule has 2 amide bonds. The van der Waals surface area contributed by atoms with Gasteiger partial charge in [0.15, 0.2) is 5.01 Å².